The second kappa shape index (κ2) is 8.13. The van der Waals surface area contributed by atoms with Crippen LogP contribution in [0.25, 0.3) is 16.5 Å². The number of phenols is 1. The van der Waals surface area contributed by atoms with E-state index in [9.17, 15) is 13.9 Å². The number of nitrogens with one attached hydrogen (secondary N) is 1. The summed E-state index contributed by atoms with van der Waals surface area (Å²) >= 11 is 0. The molecule has 0 saturated carbocycles. The van der Waals surface area contributed by atoms with E-state index in [2.05, 4.69) is 45.7 Å². The third-order valence-electron chi connectivity index (χ3n) is 5.16. The quantitative estimate of drug-likeness (QED) is 0.660. The summed E-state index contributed by atoms with van der Waals surface area (Å²) in [5.41, 5.74) is 4.36. The Bertz CT molecular complexity index is 1070. The van der Waals surface area contributed by atoms with Crippen molar-refractivity contribution in [2.45, 2.75) is 19.4 Å². The van der Waals surface area contributed by atoms with E-state index >= 15 is 0 Å². The number of hydrogen-bond donors (Lipinski definition) is 2. The first kappa shape index (κ1) is 19.3. The lowest BCUT2D eigenvalue weighted by molar-refractivity contribution is 0.151. The molecule has 0 amide bonds. The molecule has 2 heterocycles. The predicted octanol–water partition coefficient (Wildman–Crippen LogP) is 4.60. The molecular formula is C22H22F2N4O. The van der Waals surface area contributed by atoms with Crippen molar-refractivity contribution in [3.8, 4) is 5.75 Å². The molecule has 0 aliphatic carbocycles. The molecule has 150 valence electrons. The molecule has 0 fully saturated rings. The molecule has 0 bridgehead atoms. The number of benzene rings is 2. The van der Waals surface area contributed by atoms with Gasteiger partial charge in [0.25, 0.3) is 6.43 Å². The Morgan fingerprint density at radius 2 is 2.07 bits per heavy atom. The van der Waals surface area contributed by atoms with Crippen LogP contribution in [0.4, 0.5) is 14.5 Å². The highest BCUT2D eigenvalue weighted by Gasteiger charge is 2.13. The number of aromatic nitrogens is 2. The number of anilines is 1. The minimum Gasteiger partial charge on any atom is -0.508 e. The fourth-order valence-electron chi connectivity index (χ4n) is 3.56. The molecule has 0 atom stereocenters. The van der Waals surface area contributed by atoms with Gasteiger partial charge in [-0.15, -0.1) is 0 Å². The number of phenolic OH excluding ortho intramolecular Hbond substituents is 1. The molecule has 1 aromatic heterocycles. The molecule has 3 aromatic rings. The van der Waals surface area contributed by atoms with Gasteiger partial charge in [-0.2, -0.15) is 10.2 Å². The Balaban J connectivity index is 1.61. The fraction of sp³-hybridized carbons (Fsp3) is 0.273. The van der Waals surface area contributed by atoms with Crippen LogP contribution in [-0.2, 0) is 6.54 Å². The summed E-state index contributed by atoms with van der Waals surface area (Å²) in [6, 6.07) is 10.1. The van der Waals surface area contributed by atoms with Gasteiger partial charge in [0.1, 0.15) is 5.75 Å². The zero-order valence-electron chi connectivity index (χ0n) is 16.1. The monoisotopic (exact) mass is 396 g/mol. The molecule has 0 spiro atoms. The molecular weight excluding hydrogens is 374 g/mol. The van der Waals surface area contributed by atoms with Crippen molar-refractivity contribution in [3.63, 3.8) is 0 Å². The smallest absolute Gasteiger partial charge is 0.263 e. The van der Waals surface area contributed by atoms with Crippen molar-refractivity contribution in [1.82, 2.24) is 15.1 Å². The van der Waals surface area contributed by atoms with Gasteiger partial charge in [-0.25, -0.2) is 8.78 Å². The lowest BCUT2D eigenvalue weighted by Crippen LogP contribution is -2.23. The van der Waals surface area contributed by atoms with Crippen molar-refractivity contribution in [2.24, 2.45) is 0 Å². The number of aromatic hydroxyl groups is 1. The molecule has 7 heteroatoms. The van der Waals surface area contributed by atoms with E-state index in [1.165, 1.54) is 17.7 Å². The van der Waals surface area contributed by atoms with Crippen molar-refractivity contribution < 1.29 is 13.9 Å². The molecule has 0 saturated heterocycles. The van der Waals surface area contributed by atoms with Gasteiger partial charge in [0, 0.05) is 30.6 Å². The van der Waals surface area contributed by atoms with Gasteiger partial charge in [0.15, 0.2) is 0 Å². The SMILES string of the molecule is CN1CC=C(c2ccc3nncc(NCc4cc(O)cc(C(F)F)c4)c3c2)CC1. The standard InChI is InChI=1S/C22H22F2N4O/c1-28-6-4-15(5-7-28)16-2-3-20-19(11-16)21(13-26-27-20)25-12-14-8-17(22(23)24)10-18(29)9-14/h2-4,8-11,13,22,29H,5-7,12H2,1H3,(H,25,27). The van der Waals surface area contributed by atoms with Gasteiger partial charge in [-0.05, 0) is 60.5 Å². The molecule has 2 aromatic carbocycles. The van der Waals surface area contributed by atoms with E-state index in [0.29, 0.717) is 5.56 Å². The van der Waals surface area contributed by atoms with Crippen LogP contribution in [0.2, 0.25) is 0 Å². The maximum Gasteiger partial charge on any atom is 0.263 e. The van der Waals surface area contributed by atoms with Gasteiger partial charge in [-0.1, -0.05) is 12.1 Å². The van der Waals surface area contributed by atoms with Crippen LogP contribution in [0.15, 0.2) is 48.7 Å². The summed E-state index contributed by atoms with van der Waals surface area (Å²) in [5.74, 6) is -0.172. The Morgan fingerprint density at radius 3 is 2.83 bits per heavy atom. The van der Waals surface area contributed by atoms with Crippen LogP contribution >= 0.6 is 0 Å². The number of rotatable bonds is 5. The van der Waals surface area contributed by atoms with Gasteiger partial charge in [-0.3, -0.25) is 0 Å². The van der Waals surface area contributed by atoms with Gasteiger partial charge < -0.3 is 15.3 Å². The van der Waals surface area contributed by atoms with E-state index in [-0.39, 0.29) is 17.9 Å². The average Bonchev–Trinajstić information content (AvgIpc) is 2.72. The number of likely N-dealkylation sites (N-methyl/N-ethyl adjacent to an activating group) is 1. The first-order valence-electron chi connectivity index (χ1n) is 9.48. The van der Waals surface area contributed by atoms with E-state index in [0.717, 1.165) is 47.7 Å². The molecule has 5 nitrogen and oxygen atoms in total. The molecule has 0 unspecified atom stereocenters. The summed E-state index contributed by atoms with van der Waals surface area (Å²) < 4.78 is 26.0. The molecule has 4 rings (SSSR count). The van der Waals surface area contributed by atoms with Crippen LogP contribution in [0.3, 0.4) is 0 Å². The highest BCUT2D eigenvalue weighted by Crippen LogP contribution is 2.29. The normalized spacial score (nSPS) is 15.0. The van der Waals surface area contributed by atoms with E-state index in [4.69, 9.17) is 0 Å². The molecule has 1 aliphatic heterocycles. The number of halogens is 2. The van der Waals surface area contributed by atoms with Crippen molar-refractivity contribution in [2.75, 3.05) is 25.5 Å². The predicted molar refractivity (Wildman–Crippen MR) is 110 cm³/mol. The van der Waals surface area contributed by atoms with E-state index in [1.54, 1.807) is 6.20 Å². The molecule has 2 N–H and O–H groups in total. The van der Waals surface area contributed by atoms with Gasteiger partial charge in [0.05, 0.1) is 17.4 Å². The van der Waals surface area contributed by atoms with Gasteiger partial charge >= 0.3 is 0 Å². The number of hydrogen-bond acceptors (Lipinski definition) is 5. The second-order valence-electron chi connectivity index (χ2n) is 7.32. The first-order valence-corrected chi connectivity index (χ1v) is 9.48. The van der Waals surface area contributed by atoms with Crippen molar-refractivity contribution in [1.29, 1.82) is 0 Å². The van der Waals surface area contributed by atoms with Crippen LogP contribution in [0.5, 0.6) is 5.75 Å². The highest BCUT2D eigenvalue weighted by atomic mass is 19.3. The topological polar surface area (TPSA) is 61.3 Å². The molecule has 0 radical (unpaired) electrons. The van der Waals surface area contributed by atoms with Crippen LogP contribution < -0.4 is 5.32 Å². The van der Waals surface area contributed by atoms with Crippen LogP contribution in [0, 0.1) is 0 Å². The van der Waals surface area contributed by atoms with E-state index in [1.807, 2.05) is 6.07 Å². The number of nitrogens with zero attached hydrogens (tertiary/aromatic N) is 3. The lowest BCUT2D eigenvalue weighted by Gasteiger charge is -2.22. The number of fused-ring (bicyclic) bond motifs is 1. The van der Waals surface area contributed by atoms with Crippen molar-refractivity contribution in [3.05, 3.63) is 65.4 Å². The minimum atomic E-state index is -2.63. The Kier molecular flexibility index (Phi) is 5.40. The summed E-state index contributed by atoms with van der Waals surface area (Å²) in [5, 5.41) is 22.1. The van der Waals surface area contributed by atoms with E-state index < -0.39 is 6.43 Å². The molecule has 29 heavy (non-hydrogen) atoms. The largest absolute Gasteiger partial charge is 0.508 e. The Labute approximate surface area is 167 Å². The maximum atomic E-state index is 13.0. The van der Waals surface area contributed by atoms with Crippen LogP contribution in [-0.4, -0.2) is 40.3 Å². The Morgan fingerprint density at radius 1 is 1.21 bits per heavy atom. The molecule has 1 aliphatic rings. The minimum absolute atomic E-state index is 0.172. The maximum absolute atomic E-state index is 13.0. The highest BCUT2D eigenvalue weighted by molar-refractivity contribution is 5.92. The zero-order chi connectivity index (χ0) is 20.4. The summed E-state index contributed by atoms with van der Waals surface area (Å²) in [6.07, 6.45) is 2.23. The fourth-order valence-corrected chi connectivity index (χ4v) is 3.56. The summed E-state index contributed by atoms with van der Waals surface area (Å²) in [6.45, 7) is 2.23. The number of alkyl halides is 2. The third kappa shape index (κ3) is 4.35. The third-order valence-corrected chi connectivity index (χ3v) is 5.16. The summed E-state index contributed by atoms with van der Waals surface area (Å²) in [7, 11) is 2.10. The van der Waals surface area contributed by atoms with Crippen molar-refractivity contribution >= 4 is 22.2 Å². The summed E-state index contributed by atoms with van der Waals surface area (Å²) in [4.78, 5) is 2.27. The second-order valence-corrected chi connectivity index (χ2v) is 7.32. The van der Waals surface area contributed by atoms with Gasteiger partial charge in [0.2, 0.25) is 0 Å². The average molecular weight is 396 g/mol. The first-order chi connectivity index (χ1) is 14.0. The van der Waals surface area contributed by atoms with Crippen LogP contribution in [0.1, 0.15) is 29.5 Å². The lowest BCUT2D eigenvalue weighted by atomic mass is 9.98. The Hall–Kier alpha value is -3.06. The zero-order valence-corrected chi connectivity index (χ0v) is 16.1.